The molecule has 2 heterocycles. The second kappa shape index (κ2) is 5.66. The molecule has 1 aliphatic rings. The minimum Gasteiger partial charge on any atom is -0.365 e. The summed E-state index contributed by atoms with van der Waals surface area (Å²) in [6.07, 6.45) is 7.66. The number of hydrogen-bond acceptors (Lipinski definition) is 3. The van der Waals surface area contributed by atoms with Gasteiger partial charge in [0.15, 0.2) is 5.82 Å². The smallest absolute Gasteiger partial charge is 0.152 e. The summed E-state index contributed by atoms with van der Waals surface area (Å²) in [5.41, 5.74) is 2.21. The van der Waals surface area contributed by atoms with Crippen LogP contribution in [0.15, 0.2) is 18.5 Å². The van der Waals surface area contributed by atoms with Crippen molar-refractivity contribution in [1.29, 1.82) is 0 Å². The molecule has 1 saturated carbocycles. The van der Waals surface area contributed by atoms with E-state index in [0.29, 0.717) is 17.9 Å². The fourth-order valence-electron chi connectivity index (χ4n) is 3.30. The van der Waals surface area contributed by atoms with Gasteiger partial charge in [0.25, 0.3) is 0 Å². The van der Waals surface area contributed by atoms with E-state index in [9.17, 15) is 0 Å². The van der Waals surface area contributed by atoms with Gasteiger partial charge < -0.3 is 5.32 Å². The first-order valence-corrected chi connectivity index (χ1v) is 8.17. The van der Waals surface area contributed by atoms with Gasteiger partial charge in [-0.3, -0.25) is 0 Å². The lowest BCUT2D eigenvalue weighted by Gasteiger charge is -2.35. The molecule has 0 aromatic carbocycles. The monoisotopic (exact) mass is 286 g/mol. The van der Waals surface area contributed by atoms with Crippen molar-refractivity contribution in [2.45, 2.75) is 58.9 Å². The number of anilines is 1. The lowest BCUT2D eigenvalue weighted by Crippen LogP contribution is -2.35. The molecule has 3 atom stereocenters. The molecular formula is C17H26N4. The van der Waals surface area contributed by atoms with Gasteiger partial charge in [0, 0.05) is 18.4 Å². The number of hydrogen-bond donors (Lipinski definition) is 1. The summed E-state index contributed by atoms with van der Waals surface area (Å²) in [5.74, 6) is 2.88. The highest BCUT2D eigenvalue weighted by atomic mass is 15.2. The third kappa shape index (κ3) is 2.76. The van der Waals surface area contributed by atoms with Crippen LogP contribution in [0, 0.1) is 11.8 Å². The fourth-order valence-corrected chi connectivity index (χ4v) is 3.30. The fraction of sp³-hybridized carbons (Fsp3) is 0.647. The Labute approximate surface area is 127 Å². The SMILES string of the molecule is CC(C)c1cc2c(NC3CCCC(C)C3C)nccn2n1. The lowest BCUT2D eigenvalue weighted by molar-refractivity contribution is 0.253. The van der Waals surface area contributed by atoms with Gasteiger partial charge in [0.05, 0.1) is 5.69 Å². The predicted molar refractivity (Wildman–Crippen MR) is 86.7 cm³/mol. The van der Waals surface area contributed by atoms with E-state index in [1.54, 1.807) is 0 Å². The first kappa shape index (κ1) is 14.4. The molecule has 0 amide bonds. The van der Waals surface area contributed by atoms with Crippen molar-refractivity contribution in [2.75, 3.05) is 5.32 Å². The number of fused-ring (bicyclic) bond motifs is 1. The van der Waals surface area contributed by atoms with Gasteiger partial charge in [-0.15, -0.1) is 0 Å². The van der Waals surface area contributed by atoms with Crippen molar-refractivity contribution in [2.24, 2.45) is 11.8 Å². The summed E-state index contributed by atoms with van der Waals surface area (Å²) in [5, 5.41) is 8.32. The molecule has 114 valence electrons. The maximum absolute atomic E-state index is 4.64. The van der Waals surface area contributed by atoms with Crippen LogP contribution in [0.2, 0.25) is 0 Å². The molecule has 4 heteroatoms. The Hall–Kier alpha value is -1.58. The van der Waals surface area contributed by atoms with Crippen molar-refractivity contribution >= 4 is 11.3 Å². The summed E-state index contributed by atoms with van der Waals surface area (Å²) in [7, 11) is 0. The Morgan fingerprint density at radius 3 is 2.86 bits per heavy atom. The third-order valence-corrected chi connectivity index (χ3v) is 5.03. The molecule has 21 heavy (non-hydrogen) atoms. The maximum atomic E-state index is 4.64. The highest BCUT2D eigenvalue weighted by Crippen LogP contribution is 2.32. The Bertz CT molecular complexity index is 616. The Morgan fingerprint density at radius 2 is 2.10 bits per heavy atom. The summed E-state index contributed by atoms with van der Waals surface area (Å²) in [6.45, 7) is 9.07. The van der Waals surface area contributed by atoms with E-state index in [-0.39, 0.29) is 0 Å². The number of rotatable bonds is 3. The first-order chi connectivity index (χ1) is 10.1. The standard InChI is InChI=1S/C17H26N4/c1-11(2)15-10-16-17(18-8-9-21(16)20-15)19-14-7-5-6-12(3)13(14)4/h8-14H,5-7H2,1-4H3,(H,18,19). The molecule has 3 rings (SSSR count). The zero-order valence-electron chi connectivity index (χ0n) is 13.5. The molecule has 0 spiro atoms. The highest BCUT2D eigenvalue weighted by Gasteiger charge is 2.27. The van der Waals surface area contributed by atoms with Crippen molar-refractivity contribution in [1.82, 2.24) is 14.6 Å². The molecule has 1 aliphatic carbocycles. The topological polar surface area (TPSA) is 42.2 Å². The van der Waals surface area contributed by atoms with Crippen molar-refractivity contribution in [3.05, 3.63) is 24.2 Å². The first-order valence-electron chi connectivity index (χ1n) is 8.17. The van der Waals surface area contributed by atoms with Crippen LogP contribution < -0.4 is 5.32 Å². The molecule has 1 N–H and O–H groups in total. The van der Waals surface area contributed by atoms with Gasteiger partial charge in [0.1, 0.15) is 5.52 Å². The molecule has 2 aromatic rings. The second-order valence-corrected chi connectivity index (χ2v) is 6.85. The van der Waals surface area contributed by atoms with Crippen LogP contribution in [0.5, 0.6) is 0 Å². The van der Waals surface area contributed by atoms with E-state index >= 15 is 0 Å². The third-order valence-electron chi connectivity index (χ3n) is 5.03. The van der Waals surface area contributed by atoms with E-state index in [2.05, 4.69) is 49.2 Å². The van der Waals surface area contributed by atoms with Crippen LogP contribution in [0.25, 0.3) is 5.52 Å². The second-order valence-electron chi connectivity index (χ2n) is 6.85. The quantitative estimate of drug-likeness (QED) is 0.924. The van der Waals surface area contributed by atoms with Gasteiger partial charge in [-0.05, 0) is 30.2 Å². The molecule has 1 fully saturated rings. The molecule has 4 nitrogen and oxygen atoms in total. The Morgan fingerprint density at radius 1 is 1.29 bits per heavy atom. The summed E-state index contributed by atoms with van der Waals surface area (Å²) in [4.78, 5) is 4.56. The average molecular weight is 286 g/mol. The van der Waals surface area contributed by atoms with Crippen LogP contribution >= 0.6 is 0 Å². The van der Waals surface area contributed by atoms with E-state index in [4.69, 9.17) is 0 Å². The lowest BCUT2D eigenvalue weighted by atomic mass is 9.78. The molecular weight excluding hydrogens is 260 g/mol. The van der Waals surface area contributed by atoms with Crippen LogP contribution in [0.4, 0.5) is 5.82 Å². The number of nitrogens with one attached hydrogen (secondary N) is 1. The summed E-state index contributed by atoms with van der Waals surface area (Å²) in [6, 6.07) is 2.68. The zero-order chi connectivity index (χ0) is 15.0. The zero-order valence-corrected chi connectivity index (χ0v) is 13.5. The van der Waals surface area contributed by atoms with Crippen molar-refractivity contribution < 1.29 is 0 Å². The van der Waals surface area contributed by atoms with Crippen molar-refractivity contribution in [3.63, 3.8) is 0 Å². The van der Waals surface area contributed by atoms with Gasteiger partial charge in [-0.25, -0.2) is 9.50 Å². The van der Waals surface area contributed by atoms with Gasteiger partial charge >= 0.3 is 0 Å². The minimum atomic E-state index is 0.436. The van der Waals surface area contributed by atoms with Crippen LogP contribution in [-0.4, -0.2) is 20.6 Å². The molecule has 0 radical (unpaired) electrons. The van der Waals surface area contributed by atoms with Crippen LogP contribution in [0.3, 0.4) is 0 Å². The van der Waals surface area contributed by atoms with E-state index in [0.717, 1.165) is 22.9 Å². The summed E-state index contributed by atoms with van der Waals surface area (Å²) < 4.78 is 1.95. The van der Waals surface area contributed by atoms with E-state index < -0.39 is 0 Å². The predicted octanol–water partition coefficient (Wildman–Crippen LogP) is 4.09. The summed E-state index contributed by atoms with van der Waals surface area (Å²) >= 11 is 0. The Balaban J connectivity index is 1.89. The van der Waals surface area contributed by atoms with Crippen LogP contribution in [0.1, 0.15) is 58.6 Å². The average Bonchev–Trinajstić information content (AvgIpc) is 2.89. The number of aromatic nitrogens is 3. The van der Waals surface area contributed by atoms with Gasteiger partial charge in [-0.2, -0.15) is 5.10 Å². The van der Waals surface area contributed by atoms with Gasteiger partial charge in [-0.1, -0.05) is 40.5 Å². The highest BCUT2D eigenvalue weighted by molar-refractivity contribution is 5.68. The maximum Gasteiger partial charge on any atom is 0.152 e. The molecule has 0 saturated heterocycles. The number of nitrogens with zero attached hydrogens (tertiary/aromatic N) is 3. The molecule has 3 unspecified atom stereocenters. The van der Waals surface area contributed by atoms with E-state index in [1.807, 2.05) is 16.9 Å². The normalized spacial score (nSPS) is 26.4. The van der Waals surface area contributed by atoms with Gasteiger partial charge in [0.2, 0.25) is 0 Å². The molecule has 0 bridgehead atoms. The molecule has 2 aromatic heterocycles. The Kier molecular flexibility index (Phi) is 3.87. The van der Waals surface area contributed by atoms with Crippen molar-refractivity contribution in [3.8, 4) is 0 Å². The minimum absolute atomic E-state index is 0.436. The van der Waals surface area contributed by atoms with Crippen LogP contribution in [-0.2, 0) is 0 Å². The largest absolute Gasteiger partial charge is 0.365 e. The molecule has 0 aliphatic heterocycles. The van der Waals surface area contributed by atoms with E-state index in [1.165, 1.54) is 19.3 Å².